The molecule has 0 saturated carbocycles. The Morgan fingerprint density at radius 2 is 0.978 bits per heavy atom. The number of phosphoric ester groups is 1. The summed E-state index contributed by atoms with van der Waals surface area (Å²) < 4.78 is 33.7. The van der Waals surface area contributed by atoms with Crippen molar-refractivity contribution in [3.63, 3.8) is 0 Å². The molecule has 9 nitrogen and oxygen atoms in total. The Morgan fingerprint density at radius 1 is 0.587 bits per heavy atom. The predicted molar refractivity (Wildman–Crippen MR) is 185 cm³/mol. The van der Waals surface area contributed by atoms with Gasteiger partial charge in [-0.3, -0.25) is 14.2 Å². The Morgan fingerprint density at radius 3 is 1.39 bits per heavy atom. The van der Waals surface area contributed by atoms with Crippen molar-refractivity contribution in [1.29, 1.82) is 0 Å². The maximum Gasteiger partial charge on any atom is 0.306 e. The standard InChI is InChI=1S/C36H72NO8P/c1-6-8-10-12-14-16-17-18-19-21-22-24-26-28-35(38)42-32-34(33-44-46(40,41)43-31-30-37(3,4)5)45-36(39)29-27-25-23-20-15-13-11-9-7-2/h34H,6-33H2,1-5H3. The van der Waals surface area contributed by atoms with Crippen LogP contribution in [0.2, 0.25) is 0 Å². The highest BCUT2D eigenvalue weighted by Crippen LogP contribution is 2.38. The van der Waals surface area contributed by atoms with Crippen molar-refractivity contribution in [1.82, 2.24) is 0 Å². The molecule has 10 heteroatoms. The molecule has 0 aliphatic rings. The van der Waals surface area contributed by atoms with E-state index in [1.165, 1.54) is 96.3 Å². The fraction of sp³-hybridized carbons (Fsp3) is 0.944. The van der Waals surface area contributed by atoms with E-state index in [1.807, 2.05) is 21.1 Å². The summed E-state index contributed by atoms with van der Waals surface area (Å²) in [5.74, 6) is -0.830. The molecule has 2 unspecified atom stereocenters. The molecule has 0 spiro atoms. The number of esters is 2. The van der Waals surface area contributed by atoms with Gasteiger partial charge in [-0.25, -0.2) is 0 Å². The second-order valence-corrected chi connectivity index (χ2v) is 15.4. The molecule has 0 aromatic heterocycles. The first-order valence-corrected chi connectivity index (χ1v) is 20.2. The fourth-order valence-electron chi connectivity index (χ4n) is 5.12. The largest absolute Gasteiger partial charge is 0.756 e. The quantitative estimate of drug-likeness (QED) is 0.0287. The molecule has 0 bridgehead atoms. The first-order chi connectivity index (χ1) is 22.0. The number of unbranched alkanes of at least 4 members (excludes halogenated alkanes) is 20. The van der Waals surface area contributed by atoms with Crippen LogP contribution in [0.5, 0.6) is 0 Å². The molecule has 46 heavy (non-hydrogen) atoms. The van der Waals surface area contributed by atoms with E-state index in [9.17, 15) is 19.0 Å². The van der Waals surface area contributed by atoms with Crippen molar-refractivity contribution < 1.29 is 42.1 Å². The lowest BCUT2D eigenvalue weighted by Crippen LogP contribution is -2.37. The van der Waals surface area contributed by atoms with Crippen LogP contribution in [-0.4, -0.2) is 70.0 Å². The molecule has 2 atom stereocenters. The molecular formula is C36H72NO8P. The molecule has 0 aromatic carbocycles. The number of rotatable bonds is 34. The Balaban J connectivity index is 4.40. The number of nitrogens with zero attached hydrogens (tertiary/aromatic N) is 1. The van der Waals surface area contributed by atoms with Gasteiger partial charge < -0.3 is 27.9 Å². The molecule has 0 aliphatic carbocycles. The molecule has 0 aromatic rings. The summed E-state index contributed by atoms with van der Waals surface area (Å²) in [6.07, 6.45) is 25.6. The van der Waals surface area contributed by atoms with Gasteiger partial charge in [0.2, 0.25) is 0 Å². The average molecular weight is 678 g/mol. The zero-order chi connectivity index (χ0) is 34.4. The van der Waals surface area contributed by atoms with Gasteiger partial charge in [-0.1, -0.05) is 142 Å². The highest BCUT2D eigenvalue weighted by molar-refractivity contribution is 7.45. The van der Waals surface area contributed by atoms with Gasteiger partial charge in [0, 0.05) is 12.8 Å². The Bertz CT molecular complexity index is 774. The lowest BCUT2D eigenvalue weighted by molar-refractivity contribution is -0.870. The van der Waals surface area contributed by atoms with Crippen LogP contribution in [0.1, 0.15) is 168 Å². The topological polar surface area (TPSA) is 111 Å². The van der Waals surface area contributed by atoms with Crippen molar-refractivity contribution >= 4 is 19.8 Å². The number of hydrogen-bond acceptors (Lipinski definition) is 8. The van der Waals surface area contributed by atoms with Crippen LogP contribution in [0, 0.1) is 0 Å². The first kappa shape index (κ1) is 45.0. The smallest absolute Gasteiger partial charge is 0.306 e. The van der Waals surface area contributed by atoms with Crippen molar-refractivity contribution in [2.75, 3.05) is 47.5 Å². The van der Waals surface area contributed by atoms with E-state index in [2.05, 4.69) is 13.8 Å². The molecule has 0 rings (SSSR count). The minimum absolute atomic E-state index is 0.0263. The summed E-state index contributed by atoms with van der Waals surface area (Å²) in [6.45, 7) is 4.20. The third kappa shape index (κ3) is 32.9. The molecule has 274 valence electrons. The minimum atomic E-state index is -4.60. The first-order valence-electron chi connectivity index (χ1n) is 18.7. The normalized spacial score (nSPS) is 13.8. The van der Waals surface area contributed by atoms with Crippen LogP contribution >= 0.6 is 7.82 Å². The van der Waals surface area contributed by atoms with E-state index in [0.29, 0.717) is 17.4 Å². The number of hydrogen-bond donors (Lipinski definition) is 0. The Hall–Kier alpha value is -0.990. The van der Waals surface area contributed by atoms with E-state index < -0.39 is 26.5 Å². The lowest BCUT2D eigenvalue weighted by Gasteiger charge is -2.28. The van der Waals surface area contributed by atoms with Crippen molar-refractivity contribution in [3.05, 3.63) is 0 Å². The van der Waals surface area contributed by atoms with Gasteiger partial charge in [-0.05, 0) is 12.8 Å². The number of quaternary nitrogens is 1. The number of likely N-dealkylation sites (N-methyl/N-ethyl adjacent to an activating group) is 1. The maximum absolute atomic E-state index is 12.5. The summed E-state index contributed by atoms with van der Waals surface area (Å²) in [5, 5.41) is 0. The summed E-state index contributed by atoms with van der Waals surface area (Å²) in [6, 6.07) is 0. The van der Waals surface area contributed by atoms with Crippen molar-refractivity contribution in [3.8, 4) is 0 Å². The summed E-state index contributed by atoms with van der Waals surface area (Å²) in [7, 11) is 1.17. The highest BCUT2D eigenvalue weighted by atomic mass is 31.2. The summed E-state index contributed by atoms with van der Waals surface area (Å²) >= 11 is 0. The molecule has 0 amide bonds. The van der Waals surface area contributed by atoms with Crippen LogP contribution in [0.25, 0.3) is 0 Å². The molecule has 0 N–H and O–H groups in total. The molecule has 0 heterocycles. The lowest BCUT2D eigenvalue weighted by atomic mass is 10.0. The van der Waals surface area contributed by atoms with Gasteiger partial charge in [-0.15, -0.1) is 0 Å². The number of carbonyl (C=O) groups is 2. The zero-order valence-electron chi connectivity index (χ0n) is 30.5. The van der Waals surface area contributed by atoms with Crippen molar-refractivity contribution in [2.24, 2.45) is 0 Å². The summed E-state index contributed by atoms with van der Waals surface area (Å²) in [4.78, 5) is 37.2. The highest BCUT2D eigenvalue weighted by Gasteiger charge is 2.21. The number of carbonyl (C=O) groups excluding carboxylic acids is 2. The van der Waals surface area contributed by atoms with E-state index in [1.54, 1.807) is 0 Å². The monoisotopic (exact) mass is 677 g/mol. The Labute approximate surface area is 283 Å². The van der Waals surface area contributed by atoms with Gasteiger partial charge in [-0.2, -0.15) is 0 Å². The molecule has 0 radical (unpaired) electrons. The maximum atomic E-state index is 12.5. The molecule has 0 saturated heterocycles. The fourth-order valence-corrected chi connectivity index (χ4v) is 5.85. The van der Waals surface area contributed by atoms with Crippen LogP contribution < -0.4 is 4.89 Å². The third-order valence-electron chi connectivity index (χ3n) is 8.13. The predicted octanol–water partition coefficient (Wildman–Crippen LogP) is 9.05. The SMILES string of the molecule is CCCCCCCCCCCCCCCC(=O)OCC(COP(=O)([O-])OCC[N+](C)(C)C)OC(=O)CCCCCCCCCCC. The van der Waals surface area contributed by atoms with Gasteiger partial charge in [0.05, 0.1) is 27.7 Å². The zero-order valence-corrected chi connectivity index (χ0v) is 31.4. The number of phosphoric acid groups is 1. The van der Waals surface area contributed by atoms with Crippen LogP contribution in [0.4, 0.5) is 0 Å². The summed E-state index contributed by atoms with van der Waals surface area (Å²) in [5.41, 5.74) is 0. The van der Waals surface area contributed by atoms with E-state index in [-0.39, 0.29) is 32.0 Å². The average Bonchev–Trinajstić information content (AvgIpc) is 2.99. The van der Waals surface area contributed by atoms with Gasteiger partial charge in [0.1, 0.15) is 19.8 Å². The molecule has 0 fully saturated rings. The van der Waals surface area contributed by atoms with Crippen LogP contribution in [0.3, 0.4) is 0 Å². The van der Waals surface area contributed by atoms with Gasteiger partial charge in [0.25, 0.3) is 7.82 Å². The van der Waals surface area contributed by atoms with E-state index >= 15 is 0 Å². The van der Waals surface area contributed by atoms with Crippen molar-refractivity contribution in [2.45, 2.75) is 174 Å². The minimum Gasteiger partial charge on any atom is -0.756 e. The van der Waals surface area contributed by atoms with E-state index in [4.69, 9.17) is 18.5 Å². The number of ether oxygens (including phenoxy) is 2. The van der Waals surface area contributed by atoms with Crippen LogP contribution in [-0.2, 0) is 32.7 Å². The Kier molecular flexibility index (Phi) is 29.4. The van der Waals surface area contributed by atoms with E-state index in [0.717, 1.165) is 38.5 Å². The molecule has 0 aliphatic heterocycles. The van der Waals surface area contributed by atoms with Gasteiger partial charge >= 0.3 is 11.9 Å². The molecular weight excluding hydrogens is 605 g/mol. The second-order valence-electron chi connectivity index (χ2n) is 14.0. The van der Waals surface area contributed by atoms with Gasteiger partial charge in [0.15, 0.2) is 6.10 Å². The van der Waals surface area contributed by atoms with Crippen LogP contribution in [0.15, 0.2) is 0 Å². The second kappa shape index (κ2) is 30.1. The third-order valence-corrected chi connectivity index (χ3v) is 9.09.